The number of carbonyl (C=O) groups is 1. The van der Waals surface area contributed by atoms with E-state index in [0.29, 0.717) is 13.0 Å². The van der Waals surface area contributed by atoms with Gasteiger partial charge in [-0.3, -0.25) is 10.2 Å². The molecule has 0 radical (unpaired) electrons. The summed E-state index contributed by atoms with van der Waals surface area (Å²) in [7, 11) is 0. The van der Waals surface area contributed by atoms with Crippen LogP contribution in [0.4, 0.5) is 0 Å². The van der Waals surface area contributed by atoms with Gasteiger partial charge in [0.25, 0.3) is 0 Å². The van der Waals surface area contributed by atoms with Crippen LogP contribution in [0.5, 0.6) is 0 Å². The number of hydrogen-bond donors (Lipinski definition) is 3. The molecule has 88 valence electrons. The largest absolute Gasteiger partial charge is 0.330 e. The third-order valence-corrected chi connectivity index (χ3v) is 3.19. The molecule has 5 N–H and O–H groups in total. The van der Waals surface area contributed by atoms with Crippen LogP contribution in [0, 0.1) is 0 Å². The van der Waals surface area contributed by atoms with Gasteiger partial charge in [0.15, 0.2) is 0 Å². The van der Waals surface area contributed by atoms with Gasteiger partial charge in [0.1, 0.15) is 0 Å². The molecule has 0 bridgehead atoms. The Labute approximate surface area is 99.7 Å². The van der Waals surface area contributed by atoms with Gasteiger partial charge >= 0.3 is 0 Å². The zero-order valence-electron chi connectivity index (χ0n) is 9.11. The second kappa shape index (κ2) is 7.27. The number of nitrogens with one attached hydrogen (secondary N) is 1. The number of benzene rings is 1. The van der Waals surface area contributed by atoms with Gasteiger partial charge in [-0.2, -0.15) is 11.8 Å². The van der Waals surface area contributed by atoms with E-state index in [9.17, 15) is 4.79 Å². The van der Waals surface area contributed by atoms with Crippen LogP contribution in [0.25, 0.3) is 0 Å². The van der Waals surface area contributed by atoms with E-state index in [1.807, 2.05) is 24.3 Å². The van der Waals surface area contributed by atoms with Gasteiger partial charge in [0.2, 0.25) is 5.91 Å². The van der Waals surface area contributed by atoms with Crippen LogP contribution in [-0.4, -0.2) is 18.2 Å². The zero-order chi connectivity index (χ0) is 11.8. The van der Waals surface area contributed by atoms with E-state index in [1.165, 1.54) is 5.56 Å². The molecule has 0 spiro atoms. The lowest BCUT2D eigenvalue weighted by Crippen LogP contribution is -2.31. The molecule has 0 fully saturated rings. The standard InChI is InChI=1S/C11H17N3OS/c12-5-6-16-8-10-4-2-1-3-9(10)7-11(15)14-13/h1-4H,5-8,12-13H2,(H,14,15). The predicted octanol–water partition coefficient (Wildman–Crippen LogP) is 0.411. The van der Waals surface area contributed by atoms with Gasteiger partial charge in [-0.05, 0) is 11.1 Å². The minimum absolute atomic E-state index is 0.170. The molecule has 1 aromatic carbocycles. The Morgan fingerprint density at radius 2 is 2.00 bits per heavy atom. The van der Waals surface area contributed by atoms with Gasteiger partial charge in [0.05, 0.1) is 6.42 Å². The van der Waals surface area contributed by atoms with Gasteiger partial charge in [-0.15, -0.1) is 0 Å². The molecule has 0 aliphatic carbocycles. The first-order valence-electron chi connectivity index (χ1n) is 5.12. The SMILES string of the molecule is NCCSCc1ccccc1CC(=O)NN. The Kier molecular flexibility index (Phi) is 5.92. The second-order valence-electron chi connectivity index (χ2n) is 3.35. The molecule has 0 saturated carbocycles. The first-order valence-corrected chi connectivity index (χ1v) is 6.27. The highest BCUT2D eigenvalue weighted by Crippen LogP contribution is 2.16. The van der Waals surface area contributed by atoms with E-state index in [-0.39, 0.29) is 5.91 Å². The molecule has 0 saturated heterocycles. The fourth-order valence-electron chi connectivity index (χ4n) is 1.36. The Morgan fingerprint density at radius 1 is 1.31 bits per heavy atom. The maximum Gasteiger partial charge on any atom is 0.238 e. The highest BCUT2D eigenvalue weighted by atomic mass is 32.2. The summed E-state index contributed by atoms with van der Waals surface area (Å²) >= 11 is 1.77. The van der Waals surface area contributed by atoms with Crippen LogP contribution in [-0.2, 0) is 17.0 Å². The summed E-state index contributed by atoms with van der Waals surface area (Å²) in [6.07, 6.45) is 0.329. The number of rotatable bonds is 6. The zero-order valence-corrected chi connectivity index (χ0v) is 9.93. The van der Waals surface area contributed by atoms with Crippen molar-refractivity contribution in [1.29, 1.82) is 0 Å². The molecule has 1 aromatic rings. The topological polar surface area (TPSA) is 81.1 Å². The molecule has 1 amide bonds. The van der Waals surface area contributed by atoms with Crippen LogP contribution in [0.1, 0.15) is 11.1 Å². The molecule has 5 heteroatoms. The third-order valence-electron chi connectivity index (χ3n) is 2.15. The lowest BCUT2D eigenvalue weighted by molar-refractivity contribution is -0.120. The van der Waals surface area contributed by atoms with Gasteiger partial charge < -0.3 is 5.73 Å². The fourth-order valence-corrected chi connectivity index (χ4v) is 2.17. The first-order chi connectivity index (χ1) is 7.77. The minimum atomic E-state index is -0.170. The van der Waals surface area contributed by atoms with E-state index >= 15 is 0 Å². The van der Waals surface area contributed by atoms with Gasteiger partial charge in [-0.25, -0.2) is 5.84 Å². The normalized spacial score (nSPS) is 10.1. The van der Waals surface area contributed by atoms with Crippen LogP contribution in [0.15, 0.2) is 24.3 Å². The van der Waals surface area contributed by atoms with Crippen molar-refractivity contribution in [2.45, 2.75) is 12.2 Å². The lowest BCUT2D eigenvalue weighted by Gasteiger charge is -2.08. The summed E-state index contributed by atoms with van der Waals surface area (Å²) in [5, 5.41) is 0. The molecular weight excluding hydrogens is 222 g/mol. The molecule has 0 atom stereocenters. The summed E-state index contributed by atoms with van der Waals surface area (Å²) in [5.41, 5.74) is 9.77. The van der Waals surface area contributed by atoms with Crippen LogP contribution in [0.2, 0.25) is 0 Å². The van der Waals surface area contributed by atoms with Crippen LogP contribution < -0.4 is 17.0 Å². The smallest absolute Gasteiger partial charge is 0.238 e. The maximum absolute atomic E-state index is 11.2. The maximum atomic E-state index is 11.2. The summed E-state index contributed by atoms with van der Waals surface area (Å²) in [5.74, 6) is 6.71. The Bertz CT molecular complexity index is 344. The third kappa shape index (κ3) is 4.22. The van der Waals surface area contributed by atoms with E-state index in [1.54, 1.807) is 11.8 Å². The van der Waals surface area contributed by atoms with Crippen molar-refractivity contribution in [2.75, 3.05) is 12.3 Å². The minimum Gasteiger partial charge on any atom is -0.330 e. The molecular formula is C11H17N3OS. The summed E-state index contributed by atoms with van der Waals surface area (Å²) < 4.78 is 0. The molecule has 4 nitrogen and oxygen atoms in total. The Morgan fingerprint density at radius 3 is 2.62 bits per heavy atom. The summed E-state index contributed by atoms with van der Waals surface area (Å²) in [6, 6.07) is 7.88. The van der Waals surface area contributed by atoms with Crippen molar-refractivity contribution in [3.63, 3.8) is 0 Å². The van der Waals surface area contributed by atoms with E-state index in [2.05, 4.69) is 5.43 Å². The van der Waals surface area contributed by atoms with Gasteiger partial charge in [0, 0.05) is 18.1 Å². The van der Waals surface area contributed by atoms with Crippen molar-refractivity contribution in [2.24, 2.45) is 11.6 Å². The monoisotopic (exact) mass is 239 g/mol. The summed E-state index contributed by atoms with van der Waals surface area (Å²) in [6.45, 7) is 0.677. The number of amides is 1. The Balaban J connectivity index is 2.63. The van der Waals surface area contributed by atoms with Crippen LogP contribution >= 0.6 is 11.8 Å². The number of thioether (sulfide) groups is 1. The quantitative estimate of drug-likeness (QED) is 0.291. The molecule has 0 aliphatic rings. The molecule has 1 rings (SSSR count). The van der Waals surface area contributed by atoms with Crippen molar-refractivity contribution >= 4 is 17.7 Å². The van der Waals surface area contributed by atoms with Gasteiger partial charge in [-0.1, -0.05) is 24.3 Å². The number of hydrazine groups is 1. The van der Waals surface area contributed by atoms with E-state index in [0.717, 1.165) is 17.1 Å². The average Bonchev–Trinajstić information content (AvgIpc) is 2.31. The van der Waals surface area contributed by atoms with E-state index in [4.69, 9.17) is 11.6 Å². The first kappa shape index (κ1) is 13.0. The second-order valence-corrected chi connectivity index (χ2v) is 4.46. The van der Waals surface area contributed by atoms with Crippen LogP contribution in [0.3, 0.4) is 0 Å². The Hall–Kier alpha value is -1.04. The highest BCUT2D eigenvalue weighted by Gasteiger charge is 2.06. The molecule has 0 heterocycles. The molecule has 16 heavy (non-hydrogen) atoms. The highest BCUT2D eigenvalue weighted by molar-refractivity contribution is 7.98. The molecule has 0 aromatic heterocycles. The van der Waals surface area contributed by atoms with Crippen molar-refractivity contribution in [3.8, 4) is 0 Å². The fraction of sp³-hybridized carbons (Fsp3) is 0.364. The van der Waals surface area contributed by atoms with Crippen molar-refractivity contribution < 1.29 is 4.79 Å². The number of nitrogens with two attached hydrogens (primary N) is 2. The summed E-state index contributed by atoms with van der Waals surface area (Å²) in [4.78, 5) is 11.2. The molecule has 0 unspecified atom stereocenters. The van der Waals surface area contributed by atoms with E-state index < -0.39 is 0 Å². The number of carbonyl (C=O) groups excluding carboxylic acids is 1. The molecule has 0 aliphatic heterocycles. The number of hydrogen-bond acceptors (Lipinski definition) is 4. The predicted molar refractivity (Wildman–Crippen MR) is 67.7 cm³/mol. The van der Waals surface area contributed by atoms with Crippen molar-refractivity contribution in [3.05, 3.63) is 35.4 Å². The lowest BCUT2D eigenvalue weighted by atomic mass is 10.1. The average molecular weight is 239 g/mol. The van der Waals surface area contributed by atoms with Crippen molar-refractivity contribution in [1.82, 2.24) is 5.43 Å².